The van der Waals surface area contributed by atoms with Gasteiger partial charge in [0.1, 0.15) is 12.4 Å². The van der Waals surface area contributed by atoms with Crippen LogP contribution in [0.4, 0.5) is 5.69 Å². The van der Waals surface area contributed by atoms with E-state index in [-0.39, 0.29) is 48.8 Å². The Morgan fingerprint density at radius 3 is 2.67 bits per heavy atom. The number of carbonyl (C=O) groups excluding carboxylic acids is 3. The summed E-state index contributed by atoms with van der Waals surface area (Å²) in [6.07, 6.45) is 3.66. The fourth-order valence-electron chi connectivity index (χ4n) is 4.23. The van der Waals surface area contributed by atoms with Gasteiger partial charge in [-0.1, -0.05) is 19.9 Å². The van der Waals surface area contributed by atoms with Crippen LogP contribution >= 0.6 is 0 Å². The summed E-state index contributed by atoms with van der Waals surface area (Å²) < 4.78 is 11.9. The molecular weight excluding hydrogens is 460 g/mol. The van der Waals surface area contributed by atoms with Gasteiger partial charge in [0.05, 0.1) is 24.1 Å². The molecule has 1 aliphatic heterocycles. The Balaban J connectivity index is 1.94. The van der Waals surface area contributed by atoms with Gasteiger partial charge in [-0.05, 0) is 30.7 Å². The summed E-state index contributed by atoms with van der Waals surface area (Å²) in [7, 11) is 3.34. The van der Waals surface area contributed by atoms with Gasteiger partial charge >= 0.3 is 0 Å². The number of benzene rings is 1. The van der Waals surface area contributed by atoms with Crippen molar-refractivity contribution in [3.8, 4) is 5.75 Å². The molecule has 9 nitrogen and oxygen atoms in total. The first-order valence-corrected chi connectivity index (χ1v) is 12.3. The minimum atomic E-state index is -0.275. The maximum absolute atomic E-state index is 13.4. The zero-order valence-corrected chi connectivity index (χ0v) is 21.7. The third-order valence-electron chi connectivity index (χ3n) is 6.45. The third kappa shape index (κ3) is 6.81. The van der Waals surface area contributed by atoms with E-state index in [0.29, 0.717) is 36.5 Å². The predicted octanol–water partition coefficient (Wildman–Crippen LogP) is 3.01. The second-order valence-electron chi connectivity index (χ2n) is 9.29. The highest BCUT2D eigenvalue weighted by molar-refractivity contribution is 5.98. The number of amides is 3. The second kappa shape index (κ2) is 12.5. The highest BCUT2D eigenvalue weighted by Crippen LogP contribution is 2.27. The van der Waals surface area contributed by atoms with Crippen LogP contribution in [0, 0.1) is 5.92 Å². The van der Waals surface area contributed by atoms with E-state index in [0.717, 1.165) is 5.56 Å². The summed E-state index contributed by atoms with van der Waals surface area (Å²) in [6.45, 7) is 6.69. The second-order valence-corrected chi connectivity index (χ2v) is 9.29. The van der Waals surface area contributed by atoms with Crippen molar-refractivity contribution >= 4 is 23.4 Å². The molecule has 0 spiro atoms. The molecule has 9 heteroatoms. The molecule has 2 aromatic rings. The standard InChI is InChI=1S/C27H36N4O5/c1-6-25(32)29-21-9-10-22-23(13-21)36-17-19(3)31(26(33)12-20-8-7-11-28-14-20)15-18(2)24(35-5)16-30(4)27(22)34/h7-11,13-14,18-19,24H,6,12,15-17H2,1-5H3,(H,29,32)/t18-,19-,24+/m0/s1. The molecule has 3 amide bonds. The van der Waals surface area contributed by atoms with Gasteiger partial charge in [-0.15, -0.1) is 0 Å². The number of aromatic nitrogens is 1. The Bertz CT molecular complexity index is 1060. The summed E-state index contributed by atoms with van der Waals surface area (Å²) in [5.41, 5.74) is 1.77. The van der Waals surface area contributed by atoms with E-state index >= 15 is 0 Å². The van der Waals surface area contributed by atoms with E-state index in [9.17, 15) is 14.4 Å². The molecule has 194 valence electrons. The number of rotatable bonds is 5. The van der Waals surface area contributed by atoms with Crippen molar-refractivity contribution in [1.82, 2.24) is 14.8 Å². The Morgan fingerprint density at radius 2 is 2.00 bits per heavy atom. The molecule has 0 radical (unpaired) electrons. The van der Waals surface area contributed by atoms with E-state index in [1.54, 1.807) is 56.6 Å². The summed E-state index contributed by atoms with van der Waals surface area (Å²) in [6, 6.07) is 8.43. The molecule has 0 fully saturated rings. The van der Waals surface area contributed by atoms with Crippen molar-refractivity contribution in [2.45, 2.75) is 45.8 Å². The number of pyridine rings is 1. The van der Waals surface area contributed by atoms with Gasteiger partial charge < -0.3 is 24.6 Å². The minimum Gasteiger partial charge on any atom is -0.491 e. The number of anilines is 1. The number of carbonyl (C=O) groups is 3. The van der Waals surface area contributed by atoms with Gasteiger partial charge in [0.15, 0.2) is 0 Å². The molecule has 3 atom stereocenters. The van der Waals surface area contributed by atoms with Gasteiger partial charge in [-0.25, -0.2) is 0 Å². The summed E-state index contributed by atoms with van der Waals surface area (Å²) >= 11 is 0. The van der Waals surface area contributed by atoms with Crippen molar-refractivity contribution in [3.05, 3.63) is 53.9 Å². The Labute approximate surface area is 212 Å². The molecule has 0 saturated heterocycles. The van der Waals surface area contributed by atoms with Crippen molar-refractivity contribution in [3.63, 3.8) is 0 Å². The van der Waals surface area contributed by atoms with Crippen LogP contribution in [0.1, 0.15) is 43.1 Å². The van der Waals surface area contributed by atoms with Crippen LogP contribution in [0.15, 0.2) is 42.7 Å². The van der Waals surface area contributed by atoms with Crippen molar-refractivity contribution in [2.24, 2.45) is 5.92 Å². The molecule has 1 N–H and O–H groups in total. The average molecular weight is 497 g/mol. The molecule has 1 aromatic heterocycles. The van der Waals surface area contributed by atoms with Gasteiger partial charge in [0.25, 0.3) is 5.91 Å². The van der Waals surface area contributed by atoms with Crippen LogP contribution in [-0.4, -0.2) is 78.5 Å². The van der Waals surface area contributed by atoms with E-state index < -0.39 is 0 Å². The lowest BCUT2D eigenvalue weighted by Crippen LogP contribution is -2.49. The number of likely N-dealkylation sites (N-methyl/N-ethyl adjacent to an activating group) is 1. The van der Waals surface area contributed by atoms with Crippen molar-refractivity contribution < 1.29 is 23.9 Å². The van der Waals surface area contributed by atoms with Gasteiger partial charge in [-0.2, -0.15) is 0 Å². The molecule has 1 aliphatic rings. The average Bonchev–Trinajstić information content (AvgIpc) is 2.88. The van der Waals surface area contributed by atoms with E-state index in [4.69, 9.17) is 9.47 Å². The van der Waals surface area contributed by atoms with Gasteiger partial charge in [0, 0.05) is 63.7 Å². The number of nitrogens with one attached hydrogen (secondary N) is 1. The lowest BCUT2D eigenvalue weighted by atomic mass is 10.0. The van der Waals surface area contributed by atoms with Crippen LogP contribution in [0.25, 0.3) is 0 Å². The Hall–Kier alpha value is -3.46. The Kier molecular flexibility index (Phi) is 9.41. The number of methoxy groups -OCH3 is 1. The van der Waals surface area contributed by atoms with Crippen LogP contribution in [-0.2, 0) is 20.7 Å². The summed E-state index contributed by atoms with van der Waals surface area (Å²) in [4.78, 5) is 46.1. The zero-order valence-electron chi connectivity index (χ0n) is 21.7. The molecule has 0 bridgehead atoms. The van der Waals surface area contributed by atoms with Gasteiger partial charge in [0.2, 0.25) is 11.8 Å². The molecule has 0 aliphatic carbocycles. The largest absolute Gasteiger partial charge is 0.491 e. The smallest absolute Gasteiger partial charge is 0.257 e. The quantitative estimate of drug-likeness (QED) is 0.683. The van der Waals surface area contributed by atoms with E-state index in [1.165, 1.54) is 0 Å². The number of nitrogens with zero attached hydrogens (tertiary/aromatic N) is 3. The monoisotopic (exact) mass is 496 g/mol. The SMILES string of the molecule is CCC(=O)Nc1ccc2c(c1)OC[C@H](C)N(C(=O)Cc1cccnc1)C[C@H](C)[C@H](OC)CN(C)C2=O. The lowest BCUT2D eigenvalue weighted by Gasteiger charge is -2.36. The van der Waals surface area contributed by atoms with Crippen molar-refractivity contribution in [2.75, 3.05) is 39.2 Å². The van der Waals surface area contributed by atoms with Crippen LogP contribution in [0.5, 0.6) is 5.75 Å². The lowest BCUT2D eigenvalue weighted by molar-refractivity contribution is -0.134. The molecule has 2 heterocycles. The first kappa shape index (κ1) is 27.1. The Morgan fingerprint density at radius 1 is 1.22 bits per heavy atom. The number of hydrogen-bond donors (Lipinski definition) is 1. The van der Waals surface area contributed by atoms with E-state index in [2.05, 4.69) is 10.3 Å². The van der Waals surface area contributed by atoms with Gasteiger partial charge in [-0.3, -0.25) is 19.4 Å². The first-order chi connectivity index (χ1) is 17.2. The number of hydrogen-bond acceptors (Lipinski definition) is 6. The normalized spacial score (nSPS) is 21.0. The predicted molar refractivity (Wildman–Crippen MR) is 137 cm³/mol. The highest BCUT2D eigenvalue weighted by atomic mass is 16.5. The topological polar surface area (TPSA) is 101 Å². The third-order valence-corrected chi connectivity index (χ3v) is 6.45. The van der Waals surface area contributed by atoms with E-state index in [1.807, 2.05) is 30.9 Å². The van der Waals surface area contributed by atoms with Crippen LogP contribution < -0.4 is 10.1 Å². The van der Waals surface area contributed by atoms with Crippen LogP contribution in [0.3, 0.4) is 0 Å². The fraction of sp³-hybridized carbons (Fsp3) is 0.481. The fourth-order valence-corrected chi connectivity index (χ4v) is 4.23. The molecule has 0 unspecified atom stereocenters. The maximum atomic E-state index is 13.4. The number of fused-ring (bicyclic) bond motifs is 1. The molecular formula is C27H36N4O5. The van der Waals surface area contributed by atoms with Crippen molar-refractivity contribution in [1.29, 1.82) is 0 Å². The molecule has 0 saturated carbocycles. The summed E-state index contributed by atoms with van der Waals surface area (Å²) in [5, 5.41) is 2.81. The summed E-state index contributed by atoms with van der Waals surface area (Å²) in [5.74, 6) is -0.0493. The highest BCUT2D eigenvalue weighted by Gasteiger charge is 2.30. The molecule has 36 heavy (non-hydrogen) atoms. The molecule has 3 rings (SSSR count). The number of ether oxygens (including phenoxy) is 2. The minimum absolute atomic E-state index is 0.0314. The molecule has 1 aromatic carbocycles. The maximum Gasteiger partial charge on any atom is 0.257 e. The zero-order chi connectivity index (χ0) is 26.2. The first-order valence-electron chi connectivity index (χ1n) is 12.3. The van der Waals surface area contributed by atoms with Crippen LogP contribution in [0.2, 0.25) is 0 Å².